The number of rotatable bonds is 9. The van der Waals surface area contributed by atoms with Gasteiger partial charge in [-0.2, -0.15) is 0 Å². The summed E-state index contributed by atoms with van der Waals surface area (Å²) in [7, 11) is 0. The largest absolute Gasteiger partial charge is 0.481 e. The third-order valence-electron chi connectivity index (χ3n) is 1.55. The Kier molecular flexibility index (Phi) is 7.51. The molecule has 4 N–H and O–H groups in total. The minimum atomic E-state index is -1.21. The summed E-state index contributed by atoms with van der Waals surface area (Å²) in [4.78, 5) is 20.8. The molecule has 88 valence electrons. The molecule has 0 aliphatic rings. The van der Waals surface area contributed by atoms with Crippen LogP contribution in [0.4, 0.5) is 0 Å². The first-order chi connectivity index (χ1) is 7.07. The molecule has 0 spiro atoms. The quantitative estimate of drug-likeness (QED) is 0.350. The Morgan fingerprint density at radius 2 is 1.93 bits per heavy atom. The van der Waals surface area contributed by atoms with E-state index in [2.05, 4.69) is 5.32 Å². The van der Waals surface area contributed by atoms with Crippen LogP contribution in [0.1, 0.15) is 6.42 Å². The fourth-order valence-electron chi connectivity index (χ4n) is 0.893. The van der Waals surface area contributed by atoms with E-state index in [0.29, 0.717) is 0 Å². The maximum absolute atomic E-state index is 10.5. The number of aliphatic hydroxyl groups is 1. The summed E-state index contributed by atoms with van der Waals surface area (Å²) >= 11 is 0. The van der Waals surface area contributed by atoms with Gasteiger partial charge in [-0.15, -0.1) is 0 Å². The second-order valence-electron chi connectivity index (χ2n) is 2.78. The number of carboxylic acid groups (broad SMARTS) is 2. The molecule has 7 nitrogen and oxygen atoms in total. The summed E-state index contributed by atoms with van der Waals surface area (Å²) in [6, 6.07) is -1.11. The van der Waals surface area contributed by atoms with Crippen molar-refractivity contribution in [2.75, 3.05) is 26.4 Å². The first kappa shape index (κ1) is 13.8. The zero-order valence-electron chi connectivity index (χ0n) is 8.18. The minimum absolute atomic E-state index is 0.0997. The van der Waals surface area contributed by atoms with E-state index in [1.54, 1.807) is 0 Å². The van der Waals surface area contributed by atoms with Crippen molar-refractivity contribution in [2.24, 2.45) is 0 Å². The number of ether oxygens (including phenoxy) is 1. The number of aliphatic hydroxyl groups excluding tert-OH is 1. The van der Waals surface area contributed by atoms with E-state index < -0.39 is 24.4 Å². The third kappa shape index (κ3) is 7.86. The zero-order valence-corrected chi connectivity index (χ0v) is 8.18. The van der Waals surface area contributed by atoms with E-state index in [4.69, 9.17) is 20.1 Å². The molecule has 0 aliphatic heterocycles. The molecule has 1 atom stereocenters. The van der Waals surface area contributed by atoms with Crippen LogP contribution in [0.25, 0.3) is 0 Å². The predicted octanol–water partition coefficient (Wildman–Crippen LogP) is -1.49. The van der Waals surface area contributed by atoms with Gasteiger partial charge in [-0.05, 0) is 0 Å². The van der Waals surface area contributed by atoms with E-state index in [0.717, 1.165) is 0 Å². The maximum atomic E-state index is 10.5. The molecule has 0 radical (unpaired) electrons. The lowest BCUT2D eigenvalue weighted by Gasteiger charge is -2.11. The highest BCUT2D eigenvalue weighted by molar-refractivity contribution is 5.80. The Hall–Kier alpha value is -1.18. The van der Waals surface area contributed by atoms with Gasteiger partial charge in [-0.1, -0.05) is 0 Å². The van der Waals surface area contributed by atoms with Gasteiger partial charge >= 0.3 is 11.9 Å². The highest BCUT2D eigenvalue weighted by atomic mass is 16.5. The monoisotopic (exact) mass is 221 g/mol. The summed E-state index contributed by atoms with van der Waals surface area (Å²) < 4.78 is 4.87. The molecule has 0 saturated heterocycles. The van der Waals surface area contributed by atoms with Crippen LogP contribution in [0.15, 0.2) is 0 Å². The lowest BCUT2D eigenvalue weighted by Crippen LogP contribution is -2.40. The fraction of sp³-hybridized carbons (Fsp3) is 0.750. The van der Waals surface area contributed by atoms with Crippen molar-refractivity contribution in [3.8, 4) is 0 Å². The first-order valence-electron chi connectivity index (χ1n) is 4.44. The summed E-state index contributed by atoms with van der Waals surface area (Å²) in [6.45, 7) is 0.532. The van der Waals surface area contributed by atoms with E-state index in [1.807, 2.05) is 0 Å². The van der Waals surface area contributed by atoms with E-state index in [1.165, 1.54) is 0 Å². The van der Waals surface area contributed by atoms with Crippen molar-refractivity contribution in [2.45, 2.75) is 12.5 Å². The van der Waals surface area contributed by atoms with Crippen LogP contribution in [0.2, 0.25) is 0 Å². The second-order valence-corrected chi connectivity index (χ2v) is 2.78. The van der Waals surface area contributed by atoms with Gasteiger partial charge in [0.05, 0.1) is 26.2 Å². The Balaban J connectivity index is 3.67. The van der Waals surface area contributed by atoms with Crippen molar-refractivity contribution >= 4 is 11.9 Å². The number of carboxylic acids is 2. The van der Waals surface area contributed by atoms with Crippen molar-refractivity contribution in [1.82, 2.24) is 5.32 Å². The molecular weight excluding hydrogens is 206 g/mol. The molecule has 7 heteroatoms. The average Bonchev–Trinajstić information content (AvgIpc) is 2.15. The van der Waals surface area contributed by atoms with Crippen LogP contribution >= 0.6 is 0 Å². The number of hydrogen-bond donors (Lipinski definition) is 4. The maximum Gasteiger partial charge on any atom is 0.321 e. The van der Waals surface area contributed by atoms with Crippen LogP contribution in [0, 0.1) is 0 Å². The molecular formula is C8H15NO6. The second kappa shape index (κ2) is 8.16. The summed E-state index contributed by atoms with van der Waals surface area (Å²) in [5.74, 6) is -2.38. The molecule has 0 aromatic carbocycles. The Morgan fingerprint density at radius 3 is 2.40 bits per heavy atom. The van der Waals surface area contributed by atoms with E-state index in [9.17, 15) is 9.59 Å². The van der Waals surface area contributed by atoms with Gasteiger partial charge in [0.1, 0.15) is 6.04 Å². The molecule has 0 rings (SSSR count). The van der Waals surface area contributed by atoms with Gasteiger partial charge in [0, 0.05) is 6.54 Å². The normalized spacial score (nSPS) is 12.3. The Morgan fingerprint density at radius 1 is 1.27 bits per heavy atom. The Bertz CT molecular complexity index is 207. The van der Waals surface area contributed by atoms with Crippen LogP contribution < -0.4 is 5.32 Å². The first-order valence-corrected chi connectivity index (χ1v) is 4.44. The topological polar surface area (TPSA) is 116 Å². The lowest BCUT2D eigenvalue weighted by molar-refractivity contribution is -0.146. The average molecular weight is 221 g/mol. The molecule has 0 saturated carbocycles. The van der Waals surface area contributed by atoms with Gasteiger partial charge in [-0.25, -0.2) is 0 Å². The van der Waals surface area contributed by atoms with E-state index >= 15 is 0 Å². The van der Waals surface area contributed by atoms with Crippen LogP contribution in [-0.2, 0) is 14.3 Å². The molecule has 0 fully saturated rings. The van der Waals surface area contributed by atoms with Crippen molar-refractivity contribution in [3.05, 3.63) is 0 Å². The van der Waals surface area contributed by atoms with Gasteiger partial charge in [0.15, 0.2) is 0 Å². The SMILES string of the molecule is O=C(O)C[C@H](NCCOCCO)C(=O)O. The minimum Gasteiger partial charge on any atom is -0.481 e. The number of nitrogens with one attached hydrogen (secondary N) is 1. The van der Waals surface area contributed by atoms with Gasteiger partial charge in [0.2, 0.25) is 0 Å². The summed E-state index contributed by atoms with van der Waals surface area (Å²) in [6.07, 6.45) is -0.477. The molecule has 0 aromatic rings. The molecule has 15 heavy (non-hydrogen) atoms. The van der Waals surface area contributed by atoms with Gasteiger partial charge < -0.3 is 25.4 Å². The lowest BCUT2D eigenvalue weighted by atomic mass is 10.2. The number of hydrogen-bond acceptors (Lipinski definition) is 5. The van der Waals surface area contributed by atoms with Crippen LogP contribution in [0.3, 0.4) is 0 Å². The summed E-state index contributed by atoms with van der Waals surface area (Å²) in [5, 5.41) is 27.9. The molecule has 0 aliphatic carbocycles. The highest BCUT2D eigenvalue weighted by Gasteiger charge is 2.19. The van der Waals surface area contributed by atoms with E-state index in [-0.39, 0.29) is 26.4 Å². The predicted molar refractivity (Wildman–Crippen MR) is 49.6 cm³/mol. The molecule has 0 amide bonds. The van der Waals surface area contributed by atoms with Crippen LogP contribution in [-0.4, -0.2) is 59.7 Å². The third-order valence-corrected chi connectivity index (χ3v) is 1.55. The molecule has 0 unspecified atom stereocenters. The van der Waals surface area contributed by atoms with Gasteiger partial charge in [-0.3, -0.25) is 9.59 Å². The van der Waals surface area contributed by atoms with Crippen LogP contribution in [0.5, 0.6) is 0 Å². The zero-order chi connectivity index (χ0) is 11.7. The molecule has 0 heterocycles. The standard InChI is InChI=1S/C8H15NO6/c10-2-4-15-3-1-9-6(8(13)14)5-7(11)12/h6,9-10H,1-5H2,(H,11,12)(H,13,14)/t6-/m0/s1. The van der Waals surface area contributed by atoms with Crippen molar-refractivity contribution in [3.63, 3.8) is 0 Å². The highest BCUT2D eigenvalue weighted by Crippen LogP contribution is 1.92. The number of carbonyl (C=O) groups is 2. The number of aliphatic carboxylic acids is 2. The van der Waals surface area contributed by atoms with Crippen molar-refractivity contribution in [1.29, 1.82) is 0 Å². The smallest absolute Gasteiger partial charge is 0.321 e. The van der Waals surface area contributed by atoms with Crippen molar-refractivity contribution < 1.29 is 29.6 Å². The Labute approximate surface area is 86.7 Å². The van der Waals surface area contributed by atoms with Gasteiger partial charge in [0.25, 0.3) is 0 Å². The molecule has 0 bridgehead atoms. The fourth-order valence-corrected chi connectivity index (χ4v) is 0.893. The summed E-state index contributed by atoms with van der Waals surface area (Å²) in [5.41, 5.74) is 0. The molecule has 0 aromatic heterocycles.